The normalized spacial score (nSPS) is 35.0. The van der Waals surface area contributed by atoms with E-state index < -0.39 is 0 Å². The number of allylic oxidation sites excluding steroid dienone is 1. The lowest BCUT2D eigenvalue weighted by molar-refractivity contribution is -0.0511. The zero-order valence-corrected chi connectivity index (χ0v) is 10.5. The smallest absolute Gasteiger partial charge is 0.0865 e. The van der Waals surface area contributed by atoms with Crippen molar-refractivity contribution in [1.82, 2.24) is 0 Å². The molecule has 1 rings (SSSR count). The van der Waals surface area contributed by atoms with Crippen LogP contribution in [0.25, 0.3) is 0 Å². The molecule has 0 radical (unpaired) electrons. The number of hydrogen-bond acceptors (Lipinski definition) is 1. The lowest BCUT2D eigenvalue weighted by atomic mass is 9.86. The minimum Gasteiger partial charge on any atom is -0.367 e. The molecule has 0 aromatic carbocycles. The summed E-state index contributed by atoms with van der Waals surface area (Å²) in [6, 6.07) is 0. The van der Waals surface area contributed by atoms with Crippen LogP contribution in [0.4, 0.5) is 0 Å². The minimum absolute atomic E-state index is 0.00725. The van der Waals surface area contributed by atoms with E-state index in [0.29, 0.717) is 6.10 Å². The SMILES string of the molecule is CC=C(C)C1(C)CCC(C(C)(C)C)O1. The van der Waals surface area contributed by atoms with Gasteiger partial charge in [-0.05, 0) is 44.6 Å². The highest BCUT2D eigenvalue weighted by molar-refractivity contribution is 5.15. The summed E-state index contributed by atoms with van der Waals surface area (Å²) in [5, 5.41) is 0. The molecule has 0 saturated carbocycles. The van der Waals surface area contributed by atoms with Crippen LogP contribution in [0.1, 0.15) is 54.4 Å². The molecule has 2 atom stereocenters. The van der Waals surface area contributed by atoms with Crippen molar-refractivity contribution in [2.45, 2.75) is 66.1 Å². The topological polar surface area (TPSA) is 9.23 Å². The molecule has 2 unspecified atom stereocenters. The van der Waals surface area contributed by atoms with Crippen molar-refractivity contribution in [2.24, 2.45) is 5.41 Å². The predicted molar refractivity (Wildman–Crippen MR) is 61.4 cm³/mol. The van der Waals surface area contributed by atoms with Crippen LogP contribution in [-0.2, 0) is 4.74 Å². The van der Waals surface area contributed by atoms with Crippen molar-refractivity contribution in [3.8, 4) is 0 Å². The molecule has 1 heterocycles. The summed E-state index contributed by atoms with van der Waals surface area (Å²) in [6.07, 6.45) is 4.92. The van der Waals surface area contributed by atoms with Gasteiger partial charge in [0.25, 0.3) is 0 Å². The van der Waals surface area contributed by atoms with Crippen LogP contribution in [0.2, 0.25) is 0 Å². The predicted octanol–water partition coefficient (Wildman–Crippen LogP) is 3.94. The lowest BCUT2D eigenvalue weighted by Gasteiger charge is -2.31. The molecule has 1 heteroatoms. The van der Waals surface area contributed by atoms with Crippen LogP contribution in [0, 0.1) is 5.41 Å². The Bertz CT molecular complexity index is 234. The maximum atomic E-state index is 6.20. The van der Waals surface area contributed by atoms with Gasteiger partial charge in [-0.3, -0.25) is 0 Å². The molecule has 0 bridgehead atoms. The summed E-state index contributed by atoms with van der Waals surface area (Å²) in [6.45, 7) is 13.3. The van der Waals surface area contributed by atoms with E-state index in [4.69, 9.17) is 4.74 Å². The Labute approximate surface area is 88.5 Å². The van der Waals surface area contributed by atoms with Crippen LogP contribution >= 0.6 is 0 Å². The van der Waals surface area contributed by atoms with Gasteiger partial charge in [0, 0.05) is 0 Å². The molecule has 14 heavy (non-hydrogen) atoms. The van der Waals surface area contributed by atoms with E-state index in [1.807, 2.05) is 0 Å². The maximum Gasteiger partial charge on any atom is 0.0865 e. The van der Waals surface area contributed by atoms with Gasteiger partial charge in [0.1, 0.15) is 0 Å². The Balaban J connectivity index is 2.74. The standard InChI is InChI=1S/C13H24O/c1-7-10(2)13(6)9-8-11(14-13)12(3,4)5/h7,11H,8-9H2,1-6H3. The molecule has 1 aliphatic rings. The Morgan fingerprint density at radius 3 is 2.36 bits per heavy atom. The van der Waals surface area contributed by atoms with Gasteiger partial charge < -0.3 is 4.74 Å². The van der Waals surface area contributed by atoms with Gasteiger partial charge in [-0.2, -0.15) is 0 Å². The molecule has 0 aliphatic carbocycles. The van der Waals surface area contributed by atoms with Gasteiger partial charge in [0.2, 0.25) is 0 Å². The zero-order valence-electron chi connectivity index (χ0n) is 10.5. The largest absolute Gasteiger partial charge is 0.367 e. The molecular weight excluding hydrogens is 172 g/mol. The molecule has 0 N–H and O–H groups in total. The quantitative estimate of drug-likeness (QED) is 0.577. The fraction of sp³-hybridized carbons (Fsp3) is 0.846. The molecular formula is C13H24O. The Kier molecular flexibility index (Phi) is 3.10. The highest BCUT2D eigenvalue weighted by atomic mass is 16.5. The number of ether oxygens (including phenoxy) is 1. The second kappa shape index (κ2) is 3.69. The average molecular weight is 196 g/mol. The Hall–Kier alpha value is -0.300. The van der Waals surface area contributed by atoms with Crippen molar-refractivity contribution in [2.75, 3.05) is 0 Å². The highest BCUT2D eigenvalue weighted by Crippen LogP contribution is 2.42. The summed E-state index contributed by atoms with van der Waals surface area (Å²) in [4.78, 5) is 0. The van der Waals surface area contributed by atoms with E-state index in [9.17, 15) is 0 Å². The molecule has 82 valence electrons. The highest BCUT2D eigenvalue weighted by Gasteiger charge is 2.41. The summed E-state index contributed by atoms with van der Waals surface area (Å²) in [5.41, 5.74) is 1.63. The third kappa shape index (κ3) is 2.20. The summed E-state index contributed by atoms with van der Waals surface area (Å²) < 4.78 is 6.20. The number of hydrogen-bond donors (Lipinski definition) is 0. The van der Waals surface area contributed by atoms with Crippen molar-refractivity contribution in [3.05, 3.63) is 11.6 Å². The monoisotopic (exact) mass is 196 g/mol. The summed E-state index contributed by atoms with van der Waals surface area (Å²) in [5.74, 6) is 0. The van der Waals surface area contributed by atoms with E-state index >= 15 is 0 Å². The van der Waals surface area contributed by atoms with Crippen LogP contribution < -0.4 is 0 Å². The van der Waals surface area contributed by atoms with Gasteiger partial charge in [-0.1, -0.05) is 26.8 Å². The second-order valence-corrected chi connectivity index (χ2v) is 5.71. The maximum absolute atomic E-state index is 6.20. The Morgan fingerprint density at radius 1 is 1.43 bits per heavy atom. The van der Waals surface area contributed by atoms with Crippen LogP contribution in [0.15, 0.2) is 11.6 Å². The molecule has 1 aliphatic heterocycles. The first-order chi connectivity index (χ1) is 6.29. The summed E-state index contributed by atoms with van der Waals surface area (Å²) >= 11 is 0. The minimum atomic E-state index is -0.00725. The van der Waals surface area contributed by atoms with Crippen LogP contribution in [-0.4, -0.2) is 11.7 Å². The fourth-order valence-corrected chi connectivity index (χ4v) is 2.04. The summed E-state index contributed by atoms with van der Waals surface area (Å²) in [7, 11) is 0. The number of rotatable bonds is 1. The third-order valence-electron chi connectivity index (χ3n) is 3.52. The van der Waals surface area contributed by atoms with Crippen molar-refractivity contribution in [1.29, 1.82) is 0 Å². The first-order valence-electron chi connectivity index (χ1n) is 5.61. The van der Waals surface area contributed by atoms with Gasteiger partial charge in [-0.25, -0.2) is 0 Å². The van der Waals surface area contributed by atoms with Crippen LogP contribution in [0.3, 0.4) is 0 Å². The lowest BCUT2D eigenvalue weighted by Crippen LogP contribution is -2.32. The van der Waals surface area contributed by atoms with Crippen molar-refractivity contribution in [3.63, 3.8) is 0 Å². The van der Waals surface area contributed by atoms with E-state index in [0.717, 1.165) is 6.42 Å². The van der Waals surface area contributed by atoms with Gasteiger partial charge in [-0.15, -0.1) is 0 Å². The van der Waals surface area contributed by atoms with E-state index in [1.165, 1.54) is 12.0 Å². The molecule has 0 amide bonds. The zero-order chi connectivity index (χ0) is 11.0. The first kappa shape index (κ1) is 11.8. The van der Waals surface area contributed by atoms with Crippen LogP contribution in [0.5, 0.6) is 0 Å². The van der Waals surface area contributed by atoms with Gasteiger partial charge in [0.15, 0.2) is 0 Å². The molecule has 1 saturated heterocycles. The molecule has 1 nitrogen and oxygen atoms in total. The van der Waals surface area contributed by atoms with Crippen molar-refractivity contribution < 1.29 is 4.74 Å². The second-order valence-electron chi connectivity index (χ2n) is 5.71. The third-order valence-corrected chi connectivity index (χ3v) is 3.52. The van der Waals surface area contributed by atoms with Crippen molar-refractivity contribution >= 4 is 0 Å². The average Bonchev–Trinajstić information content (AvgIpc) is 2.47. The van der Waals surface area contributed by atoms with Gasteiger partial charge in [0.05, 0.1) is 11.7 Å². The fourth-order valence-electron chi connectivity index (χ4n) is 2.04. The first-order valence-corrected chi connectivity index (χ1v) is 5.61. The van der Waals surface area contributed by atoms with E-state index in [1.54, 1.807) is 0 Å². The molecule has 1 fully saturated rings. The van der Waals surface area contributed by atoms with E-state index in [2.05, 4.69) is 47.6 Å². The molecule has 0 aromatic heterocycles. The Morgan fingerprint density at radius 2 is 2.00 bits per heavy atom. The molecule has 0 spiro atoms. The van der Waals surface area contributed by atoms with Gasteiger partial charge >= 0.3 is 0 Å². The molecule has 0 aromatic rings. The van der Waals surface area contributed by atoms with E-state index in [-0.39, 0.29) is 11.0 Å².